The van der Waals surface area contributed by atoms with Crippen molar-refractivity contribution in [2.75, 3.05) is 0 Å². The highest BCUT2D eigenvalue weighted by molar-refractivity contribution is 4.81. The Morgan fingerprint density at radius 3 is 0.677 bits per heavy atom. The van der Waals surface area contributed by atoms with E-state index >= 15 is 0 Å². The minimum atomic E-state index is 1.32. The zero-order chi connectivity index (χ0) is 22.5. The van der Waals surface area contributed by atoms with Crippen LogP contribution in [-0.4, -0.2) is 0 Å². The molecule has 186 valence electrons. The zero-order valence-corrected chi connectivity index (χ0v) is 22.2. The molecular formula is C31H62. The number of unbranched alkanes of at least 4 members (excludes halogenated alkanes) is 25. The van der Waals surface area contributed by atoms with Crippen LogP contribution in [0.2, 0.25) is 0 Å². The summed E-state index contributed by atoms with van der Waals surface area (Å²) in [5.41, 5.74) is 0. The van der Waals surface area contributed by atoms with Gasteiger partial charge in [0.2, 0.25) is 0 Å². The first-order valence-corrected chi connectivity index (χ1v) is 15.1. The van der Waals surface area contributed by atoms with Gasteiger partial charge in [0.1, 0.15) is 0 Å². The van der Waals surface area contributed by atoms with Crippen LogP contribution in [0.5, 0.6) is 0 Å². The van der Waals surface area contributed by atoms with Gasteiger partial charge in [-0.1, -0.05) is 174 Å². The number of rotatable bonds is 27. The average molecular weight is 435 g/mol. The first-order chi connectivity index (χ1) is 15.4. The molecule has 0 bridgehead atoms. The van der Waals surface area contributed by atoms with Crippen LogP contribution in [0.3, 0.4) is 0 Å². The van der Waals surface area contributed by atoms with Crippen molar-refractivity contribution in [1.29, 1.82) is 0 Å². The first kappa shape index (κ1) is 30.7. The van der Waals surface area contributed by atoms with E-state index in [2.05, 4.69) is 26.0 Å². The van der Waals surface area contributed by atoms with Crippen LogP contribution in [0, 0.1) is 0 Å². The molecule has 0 nitrogen and oxygen atoms in total. The normalized spacial score (nSPS) is 11.7. The van der Waals surface area contributed by atoms with Crippen molar-refractivity contribution in [3.63, 3.8) is 0 Å². The molecule has 31 heavy (non-hydrogen) atoms. The van der Waals surface area contributed by atoms with Gasteiger partial charge in [0, 0.05) is 0 Å². The maximum atomic E-state index is 2.46. The van der Waals surface area contributed by atoms with E-state index in [0.717, 1.165) is 0 Å². The molecule has 0 aliphatic rings. The van der Waals surface area contributed by atoms with E-state index in [-0.39, 0.29) is 0 Å². The van der Waals surface area contributed by atoms with Gasteiger partial charge in [0.15, 0.2) is 0 Å². The van der Waals surface area contributed by atoms with Gasteiger partial charge in [-0.3, -0.25) is 0 Å². The van der Waals surface area contributed by atoms with Gasteiger partial charge in [-0.25, -0.2) is 0 Å². The van der Waals surface area contributed by atoms with E-state index in [1.165, 1.54) is 173 Å². The lowest BCUT2D eigenvalue weighted by Crippen LogP contribution is -1.83. The molecule has 0 aliphatic carbocycles. The summed E-state index contributed by atoms with van der Waals surface area (Å²) in [6.07, 6.45) is 43.9. The van der Waals surface area contributed by atoms with Crippen LogP contribution in [0.15, 0.2) is 12.2 Å². The van der Waals surface area contributed by atoms with Crippen molar-refractivity contribution in [1.82, 2.24) is 0 Å². The predicted octanol–water partition coefficient (Wildman–Crippen LogP) is 12.1. The lowest BCUT2D eigenvalue weighted by atomic mass is 10.0. The Morgan fingerprint density at radius 2 is 0.452 bits per heavy atom. The monoisotopic (exact) mass is 434 g/mol. The highest BCUT2D eigenvalue weighted by Crippen LogP contribution is 2.14. The fraction of sp³-hybridized carbons (Fsp3) is 0.935. The Labute approximate surface area is 199 Å². The molecule has 0 saturated heterocycles. The van der Waals surface area contributed by atoms with E-state index in [1.807, 2.05) is 0 Å². The third kappa shape index (κ3) is 29.7. The second-order valence-corrected chi connectivity index (χ2v) is 10.2. The van der Waals surface area contributed by atoms with Crippen LogP contribution in [0.1, 0.15) is 187 Å². The molecule has 0 heterocycles. The molecule has 0 atom stereocenters. The fourth-order valence-corrected chi connectivity index (χ4v) is 4.62. The summed E-state index contributed by atoms with van der Waals surface area (Å²) in [7, 11) is 0. The third-order valence-electron chi connectivity index (χ3n) is 6.87. The summed E-state index contributed by atoms with van der Waals surface area (Å²) in [6, 6.07) is 0. The zero-order valence-electron chi connectivity index (χ0n) is 22.2. The highest BCUT2D eigenvalue weighted by Gasteiger charge is 1.94. The molecule has 0 amide bonds. The summed E-state index contributed by atoms with van der Waals surface area (Å²) >= 11 is 0. The molecule has 0 fully saturated rings. The minimum absolute atomic E-state index is 1.32. The molecule has 0 aliphatic heterocycles. The van der Waals surface area contributed by atoms with Crippen LogP contribution < -0.4 is 0 Å². The Balaban J connectivity index is 3.06. The van der Waals surface area contributed by atoms with E-state index in [0.29, 0.717) is 0 Å². The molecule has 0 unspecified atom stereocenters. The lowest BCUT2D eigenvalue weighted by Gasteiger charge is -2.02. The number of allylic oxidation sites excluding steroid dienone is 2. The molecule has 0 saturated carbocycles. The van der Waals surface area contributed by atoms with E-state index in [4.69, 9.17) is 0 Å². The van der Waals surface area contributed by atoms with Crippen molar-refractivity contribution in [2.45, 2.75) is 187 Å². The average Bonchev–Trinajstić information content (AvgIpc) is 2.78. The van der Waals surface area contributed by atoms with Crippen molar-refractivity contribution < 1.29 is 0 Å². The largest absolute Gasteiger partial charge is 0.0885 e. The van der Waals surface area contributed by atoms with Crippen LogP contribution in [-0.2, 0) is 0 Å². The fourth-order valence-electron chi connectivity index (χ4n) is 4.62. The maximum Gasteiger partial charge on any atom is -0.0351 e. The van der Waals surface area contributed by atoms with Gasteiger partial charge in [-0.15, -0.1) is 0 Å². The quantitative estimate of drug-likeness (QED) is 0.0890. The van der Waals surface area contributed by atoms with Gasteiger partial charge in [0.25, 0.3) is 0 Å². The topological polar surface area (TPSA) is 0 Å². The Bertz CT molecular complexity index is 316. The van der Waals surface area contributed by atoms with Crippen LogP contribution in [0.4, 0.5) is 0 Å². The molecule has 0 spiro atoms. The highest BCUT2D eigenvalue weighted by atomic mass is 14.0. The number of hydrogen-bond acceptors (Lipinski definition) is 0. The van der Waals surface area contributed by atoms with Gasteiger partial charge in [-0.2, -0.15) is 0 Å². The molecule has 0 aromatic rings. The smallest absolute Gasteiger partial charge is 0.0351 e. The summed E-state index contributed by atoms with van der Waals surface area (Å²) < 4.78 is 0. The minimum Gasteiger partial charge on any atom is -0.0885 e. The van der Waals surface area contributed by atoms with Gasteiger partial charge < -0.3 is 0 Å². The second-order valence-electron chi connectivity index (χ2n) is 10.2. The Kier molecular flexibility index (Phi) is 29.5. The van der Waals surface area contributed by atoms with Crippen LogP contribution >= 0.6 is 0 Å². The third-order valence-corrected chi connectivity index (χ3v) is 6.87. The maximum absolute atomic E-state index is 2.46. The molecule has 0 heteroatoms. The van der Waals surface area contributed by atoms with Gasteiger partial charge in [-0.05, 0) is 25.7 Å². The van der Waals surface area contributed by atoms with E-state index < -0.39 is 0 Å². The van der Waals surface area contributed by atoms with Crippen molar-refractivity contribution in [3.05, 3.63) is 12.2 Å². The summed E-state index contributed by atoms with van der Waals surface area (Å²) in [4.78, 5) is 0. The summed E-state index contributed by atoms with van der Waals surface area (Å²) in [5.74, 6) is 0. The standard InChI is InChI=1S/C31H62/c1-3-5-7-9-11-13-15-17-19-21-23-25-27-29-31-30-28-26-24-22-20-18-16-14-12-10-8-6-4-2/h29,31H,3-28,30H2,1-2H3. The van der Waals surface area contributed by atoms with Crippen molar-refractivity contribution in [3.8, 4) is 0 Å². The summed E-state index contributed by atoms with van der Waals surface area (Å²) in [6.45, 7) is 4.60. The van der Waals surface area contributed by atoms with Gasteiger partial charge in [0.05, 0.1) is 0 Å². The lowest BCUT2D eigenvalue weighted by molar-refractivity contribution is 0.540. The molecule has 0 aromatic carbocycles. The van der Waals surface area contributed by atoms with E-state index in [1.54, 1.807) is 0 Å². The molecular weight excluding hydrogens is 372 g/mol. The second kappa shape index (κ2) is 29.7. The number of hydrogen-bond donors (Lipinski definition) is 0. The van der Waals surface area contributed by atoms with Crippen LogP contribution in [0.25, 0.3) is 0 Å². The first-order valence-electron chi connectivity index (χ1n) is 15.1. The Hall–Kier alpha value is -0.260. The Morgan fingerprint density at radius 1 is 0.258 bits per heavy atom. The van der Waals surface area contributed by atoms with Crippen molar-refractivity contribution in [2.24, 2.45) is 0 Å². The van der Waals surface area contributed by atoms with Gasteiger partial charge >= 0.3 is 0 Å². The predicted molar refractivity (Wildman–Crippen MR) is 145 cm³/mol. The molecule has 0 rings (SSSR count). The molecule has 0 N–H and O–H groups in total. The summed E-state index contributed by atoms with van der Waals surface area (Å²) in [5, 5.41) is 0. The SMILES string of the molecule is CCCCCCCCCCCCCCC=CCCCCCCCCCCCCCCC. The molecule has 0 radical (unpaired) electrons. The van der Waals surface area contributed by atoms with E-state index in [9.17, 15) is 0 Å². The molecule has 0 aromatic heterocycles. The van der Waals surface area contributed by atoms with Crippen molar-refractivity contribution >= 4 is 0 Å².